The third kappa shape index (κ3) is 5.18. The zero-order valence-electron chi connectivity index (χ0n) is 17.8. The average Bonchev–Trinajstić information content (AvgIpc) is 3.23. The molecule has 2 aliphatic heterocycles. The van der Waals surface area contributed by atoms with Crippen molar-refractivity contribution < 1.29 is 9.59 Å². The second kappa shape index (κ2) is 9.13. The molecule has 2 aromatic heterocycles. The highest BCUT2D eigenvalue weighted by molar-refractivity contribution is 5.91. The summed E-state index contributed by atoms with van der Waals surface area (Å²) in [6.07, 6.45) is 5.50. The topological polar surface area (TPSA) is 93.7 Å². The summed E-state index contributed by atoms with van der Waals surface area (Å²) >= 11 is 0. The highest BCUT2D eigenvalue weighted by Gasteiger charge is 2.19. The van der Waals surface area contributed by atoms with E-state index in [1.165, 1.54) is 0 Å². The molecule has 0 aromatic carbocycles. The molecule has 4 rings (SSSR count). The Hall–Kier alpha value is -3.46. The van der Waals surface area contributed by atoms with Crippen LogP contribution in [0.4, 0.5) is 11.5 Å². The Kier molecular flexibility index (Phi) is 6.13. The van der Waals surface area contributed by atoms with Gasteiger partial charge in [0.15, 0.2) is 0 Å². The lowest BCUT2D eigenvalue weighted by Crippen LogP contribution is -2.48. The molecule has 1 saturated heterocycles. The standard InChI is InChI=1S/C22H27N7O2/c1-16-11-18(5-6-23-16)19-12-25-29(14-19)15-22(31)26-21-4-3-20(13-24-21)28-9-7-27(8-10-28)17(2)30/h3-6,11,13-14,25H,7-10,12,15H2,1-2H3,(H,24,26,31). The first-order chi connectivity index (χ1) is 15.0. The molecule has 9 nitrogen and oxygen atoms in total. The zero-order valence-corrected chi connectivity index (χ0v) is 17.8. The fraction of sp³-hybridized carbons (Fsp3) is 0.364. The van der Waals surface area contributed by atoms with Crippen LogP contribution < -0.4 is 15.6 Å². The minimum absolute atomic E-state index is 0.112. The van der Waals surface area contributed by atoms with Gasteiger partial charge in [-0.15, -0.1) is 0 Å². The molecule has 2 N–H and O–H groups in total. The summed E-state index contributed by atoms with van der Waals surface area (Å²) in [5, 5.41) is 4.62. The highest BCUT2D eigenvalue weighted by Crippen LogP contribution is 2.19. The number of carbonyl (C=O) groups is 2. The van der Waals surface area contributed by atoms with E-state index in [0.717, 1.165) is 35.6 Å². The SMILES string of the molecule is CC(=O)N1CCN(c2ccc(NC(=O)CN3C=C(c4ccnc(C)c4)CN3)nc2)CC1. The number of hydrazine groups is 1. The Morgan fingerprint density at radius 3 is 2.61 bits per heavy atom. The van der Waals surface area contributed by atoms with Crippen molar-refractivity contribution in [3.05, 3.63) is 54.1 Å². The van der Waals surface area contributed by atoms with Gasteiger partial charge in [0.1, 0.15) is 12.4 Å². The lowest BCUT2D eigenvalue weighted by Gasteiger charge is -2.35. The minimum Gasteiger partial charge on any atom is -0.367 e. The molecule has 4 heterocycles. The van der Waals surface area contributed by atoms with Crippen LogP contribution in [0.1, 0.15) is 18.2 Å². The van der Waals surface area contributed by atoms with E-state index in [0.29, 0.717) is 25.5 Å². The number of rotatable bonds is 5. The number of nitrogens with one attached hydrogen (secondary N) is 2. The van der Waals surface area contributed by atoms with Crippen molar-refractivity contribution in [2.24, 2.45) is 0 Å². The summed E-state index contributed by atoms with van der Waals surface area (Å²) < 4.78 is 0. The molecule has 0 atom stereocenters. The van der Waals surface area contributed by atoms with Crippen LogP contribution in [0, 0.1) is 6.92 Å². The maximum Gasteiger partial charge on any atom is 0.246 e. The molecule has 0 unspecified atom stereocenters. The summed E-state index contributed by atoms with van der Waals surface area (Å²) in [5.74, 6) is 0.483. The summed E-state index contributed by atoms with van der Waals surface area (Å²) in [6, 6.07) is 7.75. The quantitative estimate of drug-likeness (QED) is 0.751. The molecular weight excluding hydrogens is 394 g/mol. The number of hydrogen-bond donors (Lipinski definition) is 2. The van der Waals surface area contributed by atoms with Crippen molar-refractivity contribution in [2.45, 2.75) is 13.8 Å². The Labute approximate surface area is 181 Å². The van der Waals surface area contributed by atoms with Gasteiger partial charge in [-0.1, -0.05) is 0 Å². The number of anilines is 2. The Bertz CT molecular complexity index is 982. The molecule has 1 fully saturated rings. The van der Waals surface area contributed by atoms with E-state index in [2.05, 4.69) is 25.6 Å². The van der Waals surface area contributed by atoms with Crippen LogP contribution in [0.3, 0.4) is 0 Å². The number of carbonyl (C=O) groups excluding carboxylic acids is 2. The van der Waals surface area contributed by atoms with Crippen LogP contribution in [0.5, 0.6) is 0 Å². The maximum atomic E-state index is 12.4. The molecule has 9 heteroatoms. The second-order valence-electron chi connectivity index (χ2n) is 7.75. The molecule has 0 aliphatic carbocycles. The number of nitrogens with zero attached hydrogens (tertiary/aromatic N) is 5. The monoisotopic (exact) mass is 421 g/mol. The average molecular weight is 422 g/mol. The van der Waals surface area contributed by atoms with Crippen LogP contribution in [0.15, 0.2) is 42.9 Å². The third-order valence-corrected chi connectivity index (χ3v) is 5.47. The van der Waals surface area contributed by atoms with Gasteiger partial charge in [0.25, 0.3) is 0 Å². The van der Waals surface area contributed by atoms with Crippen molar-refractivity contribution in [1.82, 2.24) is 25.3 Å². The van der Waals surface area contributed by atoms with Crippen molar-refractivity contribution in [3.63, 3.8) is 0 Å². The van der Waals surface area contributed by atoms with E-state index in [9.17, 15) is 9.59 Å². The van der Waals surface area contributed by atoms with Crippen LogP contribution in [0.25, 0.3) is 5.57 Å². The van der Waals surface area contributed by atoms with Crippen molar-refractivity contribution in [2.75, 3.05) is 49.5 Å². The smallest absolute Gasteiger partial charge is 0.246 e. The van der Waals surface area contributed by atoms with Gasteiger partial charge in [-0.05, 0) is 42.3 Å². The Morgan fingerprint density at radius 2 is 1.94 bits per heavy atom. The van der Waals surface area contributed by atoms with E-state index >= 15 is 0 Å². The first kappa shape index (κ1) is 20.8. The van der Waals surface area contributed by atoms with Crippen LogP contribution in [0.2, 0.25) is 0 Å². The summed E-state index contributed by atoms with van der Waals surface area (Å²) in [5.41, 5.74) is 7.38. The van der Waals surface area contributed by atoms with E-state index in [-0.39, 0.29) is 18.4 Å². The molecule has 31 heavy (non-hydrogen) atoms. The summed E-state index contributed by atoms with van der Waals surface area (Å²) in [4.78, 5) is 36.5. The van der Waals surface area contributed by atoms with Gasteiger partial charge in [0.2, 0.25) is 11.8 Å². The van der Waals surface area contributed by atoms with Gasteiger partial charge in [-0.3, -0.25) is 14.6 Å². The van der Waals surface area contributed by atoms with E-state index in [1.807, 2.05) is 42.3 Å². The van der Waals surface area contributed by atoms with Crippen molar-refractivity contribution in [1.29, 1.82) is 0 Å². The summed E-state index contributed by atoms with van der Waals surface area (Å²) in [6.45, 7) is 7.39. The largest absolute Gasteiger partial charge is 0.367 e. The second-order valence-corrected chi connectivity index (χ2v) is 7.75. The van der Waals surface area contributed by atoms with Gasteiger partial charge >= 0.3 is 0 Å². The lowest BCUT2D eigenvalue weighted by molar-refractivity contribution is -0.129. The first-order valence-corrected chi connectivity index (χ1v) is 10.4. The molecule has 0 radical (unpaired) electrons. The van der Waals surface area contributed by atoms with E-state index < -0.39 is 0 Å². The number of aromatic nitrogens is 2. The molecule has 0 bridgehead atoms. The van der Waals surface area contributed by atoms with Gasteiger partial charge in [-0.25, -0.2) is 10.4 Å². The van der Waals surface area contributed by atoms with E-state index in [4.69, 9.17) is 0 Å². The number of amides is 2. The highest BCUT2D eigenvalue weighted by atomic mass is 16.2. The van der Waals surface area contributed by atoms with Crippen molar-refractivity contribution >= 4 is 28.9 Å². The van der Waals surface area contributed by atoms with Crippen molar-refractivity contribution in [3.8, 4) is 0 Å². The lowest BCUT2D eigenvalue weighted by atomic mass is 10.1. The number of hydrogen-bond acceptors (Lipinski definition) is 7. The Balaban J connectivity index is 1.29. The maximum absolute atomic E-state index is 12.4. The van der Waals surface area contributed by atoms with Gasteiger partial charge in [0.05, 0.1) is 11.9 Å². The summed E-state index contributed by atoms with van der Waals surface area (Å²) in [7, 11) is 0. The molecule has 2 aliphatic rings. The molecule has 0 saturated carbocycles. The fourth-order valence-corrected chi connectivity index (χ4v) is 3.75. The molecule has 162 valence electrons. The molecule has 2 aromatic rings. The van der Waals surface area contributed by atoms with Crippen LogP contribution >= 0.6 is 0 Å². The molecule has 2 amide bonds. The number of piperazine rings is 1. The van der Waals surface area contributed by atoms with Crippen LogP contribution in [-0.4, -0.2) is 71.0 Å². The third-order valence-electron chi connectivity index (χ3n) is 5.47. The zero-order chi connectivity index (χ0) is 21.8. The number of pyridine rings is 2. The van der Waals surface area contributed by atoms with Gasteiger partial charge in [0, 0.05) is 57.7 Å². The minimum atomic E-state index is -0.147. The van der Waals surface area contributed by atoms with Gasteiger partial charge < -0.3 is 20.1 Å². The first-order valence-electron chi connectivity index (χ1n) is 10.4. The Morgan fingerprint density at radius 1 is 1.13 bits per heavy atom. The molecular formula is C22H27N7O2. The predicted molar refractivity (Wildman–Crippen MR) is 119 cm³/mol. The normalized spacial score (nSPS) is 16.3. The van der Waals surface area contributed by atoms with E-state index in [1.54, 1.807) is 24.3 Å². The molecule has 0 spiro atoms. The van der Waals surface area contributed by atoms with Crippen LogP contribution in [-0.2, 0) is 9.59 Å². The predicted octanol–water partition coefficient (Wildman–Crippen LogP) is 1.25. The number of aryl methyl sites for hydroxylation is 1. The van der Waals surface area contributed by atoms with Gasteiger partial charge in [-0.2, -0.15) is 0 Å². The fourth-order valence-electron chi connectivity index (χ4n) is 3.75.